The topological polar surface area (TPSA) is 110 Å². The van der Waals surface area contributed by atoms with E-state index in [-0.39, 0.29) is 11.5 Å². The molecule has 1 aliphatic heterocycles. The third-order valence-corrected chi connectivity index (χ3v) is 5.56. The van der Waals surface area contributed by atoms with Gasteiger partial charge in [0.1, 0.15) is 17.8 Å². The molecule has 0 radical (unpaired) electrons. The fraction of sp³-hybridized carbons (Fsp3) is 0.182. The predicted molar refractivity (Wildman–Crippen MR) is 118 cm³/mol. The Kier molecular flexibility index (Phi) is 4.94. The molecule has 0 atom stereocenters. The molecule has 4 aromatic rings. The normalized spacial score (nSPS) is 14.0. The molecule has 32 heavy (non-hydrogen) atoms. The summed E-state index contributed by atoms with van der Waals surface area (Å²) in [4.78, 5) is 28.2. The number of nitro groups is 1. The Balaban J connectivity index is 1.35. The van der Waals surface area contributed by atoms with Gasteiger partial charge in [0.25, 0.3) is 5.69 Å². The Labute approximate surface area is 182 Å². The van der Waals surface area contributed by atoms with Gasteiger partial charge in [-0.25, -0.2) is 0 Å². The van der Waals surface area contributed by atoms with Gasteiger partial charge in [-0.15, -0.1) is 15.3 Å². The Bertz CT molecular complexity index is 1300. The number of fused-ring (bicyclic) bond motifs is 1. The highest BCUT2D eigenvalue weighted by atomic mass is 16.6. The molecule has 160 valence electrons. The van der Waals surface area contributed by atoms with E-state index in [1.165, 1.54) is 6.07 Å². The number of hydrogen-bond donors (Lipinski definition) is 0. The summed E-state index contributed by atoms with van der Waals surface area (Å²) in [6, 6.07) is 17.2. The summed E-state index contributed by atoms with van der Waals surface area (Å²) in [7, 11) is 0. The molecule has 5 rings (SSSR count). The van der Waals surface area contributed by atoms with Gasteiger partial charge in [0.05, 0.1) is 4.92 Å². The highest BCUT2D eigenvalue weighted by Gasteiger charge is 2.26. The van der Waals surface area contributed by atoms with Crippen molar-refractivity contribution in [2.24, 2.45) is 0 Å². The second-order valence-corrected chi connectivity index (χ2v) is 7.46. The second-order valence-electron chi connectivity index (χ2n) is 7.46. The van der Waals surface area contributed by atoms with E-state index in [2.05, 4.69) is 20.2 Å². The van der Waals surface area contributed by atoms with Gasteiger partial charge in [0, 0.05) is 43.4 Å². The van der Waals surface area contributed by atoms with Crippen LogP contribution >= 0.6 is 0 Å². The zero-order valence-corrected chi connectivity index (χ0v) is 17.0. The molecule has 0 N–H and O–H groups in total. The highest BCUT2D eigenvalue weighted by Crippen LogP contribution is 2.31. The number of nitrogens with zero attached hydrogens (tertiary/aromatic N) is 7. The fourth-order valence-electron chi connectivity index (χ4n) is 3.90. The van der Waals surface area contributed by atoms with E-state index < -0.39 is 4.92 Å². The van der Waals surface area contributed by atoms with Crippen LogP contribution in [0.5, 0.6) is 0 Å². The van der Waals surface area contributed by atoms with Crippen molar-refractivity contribution in [1.29, 1.82) is 0 Å². The van der Waals surface area contributed by atoms with Gasteiger partial charge in [-0.3, -0.25) is 14.9 Å². The second kappa shape index (κ2) is 8.06. The first-order valence-corrected chi connectivity index (χ1v) is 10.2. The van der Waals surface area contributed by atoms with Crippen LogP contribution in [0, 0.1) is 10.1 Å². The number of carbonyl (C=O) groups is 1. The van der Waals surface area contributed by atoms with Crippen molar-refractivity contribution in [3.05, 3.63) is 88.2 Å². The molecule has 0 bridgehead atoms. The number of benzene rings is 2. The zero-order valence-electron chi connectivity index (χ0n) is 17.0. The molecule has 1 fully saturated rings. The van der Waals surface area contributed by atoms with Gasteiger partial charge in [0.15, 0.2) is 11.4 Å². The molecule has 0 saturated carbocycles. The monoisotopic (exact) mass is 429 g/mol. The first kappa shape index (κ1) is 19.6. The van der Waals surface area contributed by atoms with E-state index in [0.717, 1.165) is 5.82 Å². The van der Waals surface area contributed by atoms with E-state index in [1.807, 2.05) is 23.1 Å². The summed E-state index contributed by atoms with van der Waals surface area (Å²) in [5.74, 6) is 0.566. The highest BCUT2D eigenvalue weighted by molar-refractivity contribution is 6.09. The number of anilines is 2. The average Bonchev–Trinajstić information content (AvgIpc) is 3.32. The maximum Gasteiger partial charge on any atom is 0.293 e. The lowest BCUT2D eigenvalue weighted by Crippen LogP contribution is -2.47. The third kappa shape index (κ3) is 3.62. The molecule has 0 amide bonds. The Hall–Kier alpha value is -4.34. The van der Waals surface area contributed by atoms with Gasteiger partial charge in [-0.2, -0.15) is 4.52 Å². The van der Waals surface area contributed by atoms with Crippen molar-refractivity contribution in [1.82, 2.24) is 19.8 Å². The number of carbonyl (C=O) groups excluding carboxylic acids is 1. The van der Waals surface area contributed by atoms with Gasteiger partial charge in [-0.1, -0.05) is 30.3 Å². The molecule has 3 heterocycles. The van der Waals surface area contributed by atoms with Gasteiger partial charge in [0.2, 0.25) is 0 Å². The zero-order chi connectivity index (χ0) is 22.1. The van der Waals surface area contributed by atoms with Crippen molar-refractivity contribution in [3.8, 4) is 0 Å². The number of hydrogen-bond acceptors (Lipinski definition) is 8. The quantitative estimate of drug-likeness (QED) is 0.270. The molecular formula is C22H19N7O3. The van der Waals surface area contributed by atoms with E-state index in [4.69, 9.17) is 0 Å². The van der Waals surface area contributed by atoms with Gasteiger partial charge >= 0.3 is 0 Å². The Morgan fingerprint density at radius 2 is 1.66 bits per heavy atom. The number of piperazine rings is 1. The van der Waals surface area contributed by atoms with Crippen molar-refractivity contribution in [2.75, 3.05) is 36.0 Å². The molecule has 0 spiro atoms. The first-order chi connectivity index (χ1) is 15.6. The van der Waals surface area contributed by atoms with Crippen molar-refractivity contribution >= 4 is 28.6 Å². The van der Waals surface area contributed by atoms with Crippen LogP contribution in [-0.4, -0.2) is 56.7 Å². The van der Waals surface area contributed by atoms with Crippen molar-refractivity contribution < 1.29 is 9.72 Å². The van der Waals surface area contributed by atoms with Crippen LogP contribution in [0.25, 0.3) is 5.65 Å². The van der Waals surface area contributed by atoms with Crippen LogP contribution < -0.4 is 9.80 Å². The summed E-state index contributed by atoms with van der Waals surface area (Å²) in [5.41, 5.74) is 1.93. The molecule has 2 aromatic carbocycles. The largest absolute Gasteiger partial charge is 0.362 e. The summed E-state index contributed by atoms with van der Waals surface area (Å²) >= 11 is 0. The molecule has 10 nitrogen and oxygen atoms in total. The minimum absolute atomic E-state index is 0.0655. The number of nitro benzene ring substituents is 1. The molecule has 0 aliphatic carbocycles. The minimum Gasteiger partial charge on any atom is -0.362 e. The summed E-state index contributed by atoms with van der Waals surface area (Å²) < 4.78 is 1.62. The van der Waals surface area contributed by atoms with Crippen LogP contribution in [0.2, 0.25) is 0 Å². The van der Waals surface area contributed by atoms with Crippen LogP contribution in [-0.2, 0) is 0 Å². The fourth-order valence-corrected chi connectivity index (χ4v) is 3.90. The molecular weight excluding hydrogens is 410 g/mol. The van der Waals surface area contributed by atoms with Gasteiger partial charge < -0.3 is 9.80 Å². The summed E-state index contributed by atoms with van der Waals surface area (Å²) in [6.45, 7) is 2.49. The van der Waals surface area contributed by atoms with Crippen LogP contribution in [0.4, 0.5) is 17.2 Å². The molecule has 1 saturated heterocycles. The minimum atomic E-state index is -0.426. The lowest BCUT2D eigenvalue weighted by molar-refractivity contribution is -0.384. The number of rotatable bonds is 5. The van der Waals surface area contributed by atoms with E-state index >= 15 is 0 Å². The summed E-state index contributed by atoms with van der Waals surface area (Å²) in [5, 5.41) is 24.1. The standard InChI is InChI=1S/C22H19N7O3/c30-22(16-4-2-1-3-5-16)17-6-7-18(19(14-17)29(31)32)26-10-12-27(13-11-26)21-9-8-20-24-23-15-28(20)25-21/h1-9,14-15H,10-13H2. The molecule has 0 unspecified atom stereocenters. The van der Waals surface area contributed by atoms with E-state index in [0.29, 0.717) is 48.6 Å². The smallest absolute Gasteiger partial charge is 0.293 e. The average molecular weight is 429 g/mol. The summed E-state index contributed by atoms with van der Waals surface area (Å²) in [6.07, 6.45) is 1.55. The lowest BCUT2D eigenvalue weighted by Gasteiger charge is -2.36. The van der Waals surface area contributed by atoms with E-state index in [1.54, 1.807) is 47.2 Å². The van der Waals surface area contributed by atoms with E-state index in [9.17, 15) is 14.9 Å². The molecule has 10 heteroatoms. The van der Waals surface area contributed by atoms with Gasteiger partial charge in [-0.05, 0) is 24.3 Å². The van der Waals surface area contributed by atoms with Crippen molar-refractivity contribution in [3.63, 3.8) is 0 Å². The van der Waals surface area contributed by atoms with Crippen LogP contribution in [0.1, 0.15) is 15.9 Å². The molecule has 1 aliphatic rings. The van der Waals surface area contributed by atoms with Crippen LogP contribution in [0.3, 0.4) is 0 Å². The SMILES string of the molecule is O=C(c1ccccc1)c1ccc(N2CCN(c3ccc4nncn4n3)CC2)c([N+](=O)[O-])c1. The number of ketones is 1. The maximum absolute atomic E-state index is 12.7. The Morgan fingerprint density at radius 3 is 2.41 bits per heavy atom. The predicted octanol–water partition coefficient (Wildman–Crippen LogP) is 2.59. The Morgan fingerprint density at radius 1 is 0.906 bits per heavy atom. The lowest BCUT2D eigenvalue weighted by atomic mass is 10.0. The number of aromatic nitrogens is 4. The first-order valence-electron chi connectivity index (χ1n) is 10.2. The maximum atomic E-state index is 12.7. The third-order valence-electron chi connectivity index (χ3n) is 5.56. The van der Waals surface area contributed by atoms with Crippen molar-refractivity contribution in [2.45, 2.75) is 0 Å². The van der Waals surface area contributed by atoms with Crippen LogP contribution in [0.15, 0.2) is 67.0 Å². The molecule has 2 aromatic heterocycles.